The molecule has 4 aliphatic carbocycles. The maximum Gasteiger partial charge on any atom is 0.303 e. The minimum absolute atomic E-state index is 0.0383. The zero-order valence-corrected chi connectivity index (χ0v) is 19.8. The van der Waals surface area contributed by atoms with Crippen molar-refractivity contribution in [1.29, 1.82) is 0 Å². The van der Waals surface area contributed by atoms with Crippen LogP contribution in [0.3, 0.4) is 0 Å². The van der Waals surface area contributed by atoms with Crippen molar-refractivity contribution in [2.24, 2.45) is 34.5 Å². The molecule has 7 nitrogen and oxygen atoms in total. The van der Waals surface area contributed by atoms with Crippen LogP contribution < -0.4 is 0 Å². The van der Waals surface area contributed by atoms with Crippen molar-refractivity contribution < 1.29 is 34.1 Å². The summed E-state index contributed by atoms with van der Waals surface area (Å²) >= 11 is 0. The first-order valence-corrected chi connectivity index (χ1v) is 12.2. The van der Waals surface area contributed by atoms with Gasteiger partial charge in [0.25, 0.3) is 0 Å². The van der Waals surface area contributed by atoms with E-state index >= 15 is 0 Å². The fraction of sp³-hybridized carbons (Fsp3) is 0.880. The number of carbonyl (C=O) groups excluding carboxylic acids is 3. The molecule has 4 rings (SSSR count). The number of hydrogen-bond acceptors (Lipinski definition) is 7. The molecule has 4 saturated carbocycles. The van der Waals surface area contributed by atoms with Crippen LogP contribution in [0.15, 0.2) is 0 Å². The molecule has 0 saturated heterocycles. The summed E-state index contributed by atoms with van der Waals surface area (Å²) in [5.74, 6) is -0.331. The van der Waals surface area contributed by atoms with Crippen LogP contribution in [0.2, 0.25) is 0 Å². The Bertz CT molecular complexity index is 795. The van der Waals surface area contributed by atoms with Crippen LogP contribution in [0, 0.1) is 34.5 Å². The molecular weight excluding hydrogens is 412 g/mol. The minimum Gasteiger partial charge on any atom is -0.463 e. The van der Waals surface area contributed by atoms with Gasteiger partial charge in [-0.1, -0.05) is 13.8 Å². The van der Waals surface area contributed by atoms with Crippen LogP contribution in [0.4, 0.5) is 0 Å². The Kier molecular flexibility index (Phi) is 5.98. The summed E-state index contributed by atoms with van der Waals surface area (Å²) in [6, 6.07) is 0. The van der Waals surface area contributed by atoms with Crippen LogP contribution in [0.25, 0.3) is 0 Å². The Morgan fingerprint density at radius 1 is 1.00 bits per heavy atom. The van der Waals surface area contributed by atoms with Gasteiger partial charge >= 0.3 is 11.9 Å². The van der Waals surface area contributed by atoms with Gasteiger partial charge in [-0.25, -0.2) is 0 Å². The zero-order valence-electron chi connectivity index (χ0n) is 19.8. The number of fused-ring (bicyclic) bond motifs is 5. The number of carbonyl (C=O) groups is 3. The maximum atomic E-state index is 13.0. The minimum atomic E-state index is -1.58. The van der Waals surface area contributed by atoms with Gasteiger partial charge in [0.15, 0.2) is 6.61 Å². The standard InChI is InChI=1S/C25H38O7/c1-14(26)31-13-21(29)25(30)10-8-19-18-6-5-16-11-17(32-15(2)27)7-9-23(16,3)22(18)20(28)12-24(19,25)4/h16-20,22,28,30H,5-13H2,1-4H3/t16-,17-,18-,19+,20-,22+,23-,24+,25-/m0/s1. The number of ketones is 1. The van der Waals surface area contributed by atoms with Crippen LogP contribution in [0.1, 0.15) is 79.1 Å². The Balaban J connectivity index is 1.57. The van der Waals surface area contributed by atoms with Crippen molar-refractivity contribution >= 4 is 17.7 Å². The van der Waals surface area contributed by atoms with E-state index in [0.29, 0.717) is 18.8 Å². The first-order valence-electron chi connectivity index (χ1n) is 12.2. The lowest BCUT2D eigenvalue weighted by Gasteiger charge is -2.62. The quantitative estimate of drug-likeness (QED) is 0.634. The molecule has 0 radical (unpaired) electrons. The smallest absolute Gasteiger partial charge is 0.303 e. The molecule has 4 aliphatic rings. The Morgan fingerprint density at radius 2 is 1.72 bits per heavy atom. The van der Waals surface area contributed by atoms with Gasteiger partial charge in [-0.3, -0.25) is 14.4 Å². The van der Waals surface area contributed by atoms with Crippen LogP contribution in [-0.4, -0.2) is 52.4 Å². The van der Waals surface area contributed by atoms with Gasteiger partial charge < -0.3 is 19.7 Å². The van der Waals surface area contributed by atoms with Crippen molar-refractivity contribution in [3.63, 3.8) is 0 Å². The SMILES string of the molecule is CC(=O)OCC(=O)[C@@]1(O)CC[C@@H]2[C@@H]3CC[C@H]4C[C@@H](OC(C)=O)CC[C@]4(C)[C@H]3[C@@H](O)C[C@]21C. The third kappa shape index (κ3) is 3.51. The topological polar surface area (TPSA) is 110 Å². The van der Waals surface area contributed by atoms with E-state index in [1.807, 2.05) is 6.92 Å². The Morgan fingerprint density at radius 3 is 2.38 bits per heavy atom. The van der Waals surface area contributed by atoms with E-state index in [1.165, 1.54) is 13.8 Å². The second-order valence-corrected chi connectivity index (χ2v) is 11.4. The first-order chi connectivity index (χ1) is 14.9. The lowest BCUT2D eigenvalue weighted by molar-refractivity contribution is -0.205. The molecule has 0 aromatic carbocycles. The van der Waals surface area contributed by atoms with Gasteiger partial charge in [0.2, 0.25) is 5.78 Å². The second-order valence-electron chi connectivity index (χ2n) is 11.4. The van der Waals surface area contributed by atoms with Gasteiger partial charge in [0, 0.05) is 19.3 Å². The predicted octanol–water partition coefficient (Wildman–Crippen LogP) is 2.79. The van der Waals surface area contributed by atoms with Crippen LogP contribution in [-0.2, 0) is 23.9 Å². The summed E-state index contributed by atoms with van der Waals surface area (Å²) in [5.41, 5.74) is -2.35. The highest BCUT2D eigenvalue weighted by Crippen LogP contribution is 2.68. The van der Waals surface area contributed by atoms with Crippen molar-refractivity contribution in [1.82, 2.24) is 0 Å². The second kappa shape index (κ2) is 8.08. The average molecular weight is 451 g/mol. The molecular formula is C25H38O7. The molecule has 0 aliphatic heterocycles. The number of esters is 2. The van der Waals surface area contributed by atoms with Gasteiger partial charge in [-0.2, -0.15) is 0 Å². The number of rotatable bonds is 4. The highest BCUT2D eigenvalue weighted by atomic mass is 16.5. The molecule has 0 unspecified atom stereocenters. The van der Waals surface area contributed by atoms with Gasteiger partial charge in [-0.15, -0.1) is 0 Å². The predicted molar refractivity (Wildman–Crippen MR) is 115 cm³/mol. The first kappa shape index (κ1) is 23.7. The average Bonchev–Trinajstić information content (AvgIpc) is 2.97. The molecule has 180 valence electrons. The molecule has 4 fully saturated rings. The summed E-state index contributed by atoms with van der Waals surface area (Å²) in [6.07, 6.45) is 5.34. The van der Waals surface area contributed by atoms with E-state index in [2.05, 4.69) is 6.92 Å². The van der Waals surface area contributed by atoms with E-state index in [1.54, 1.807) is 0 Å². The summed E-state index contributed by atoms with van der Waals surface area (Å²) in [4.78, 5) is 35.6. The van der Waals surface area contributed by atoms with E-state index in [0.717, 1.165) is 38.5 Å². The summed E-state index contributed by atoms with van der Waals surface area (Å²) < 4.78 is 10.4. The van der Waals surface area contributed by atoms with Crippen molar-refractivity contribution in [3.8, 4) is 0 Å². The molecule has 2 N–H and O–H groups in total. The molecule has 0 bridgehead atoms. The molecule has 9 atom stereocenters. The van der Waals surface area contributed by atoms with Gasteiger partial charge in [0.05, 0.1) is 6.10 Å². The molecule has 7 heteroatoms. The highest BCUT2D eigenvalue weighted by molar-refractivity contribution is 5.91. The van der Waals surface area contributed by atoms with Gasteiger partial charge in [0.1, 0.15) is 11.7 Å². The molecule has 0 heterocycles. The lowest BCUT2D eigenvalue weighted by atomic mass is 9.43. The largest absolute Gasteiger partial charge is 0.463 e. The number of ether oxygens (including phenoxy) is 2. The monoisotopic (exact) mass is 450 g/mol. The van der Waals surface area contributed by atoms with E-state index in [-0.39, 0.29) is 35.2 Å². The molecule has 0 aromatic heterocycles. The summed E-state index contributed by atoms with van der Waals surface area (Å²) in [5, 5.41) is 23.0. The maximum absolute atomic E-state index is 13.0. The normalized spacial score (nSPS) is 47.6. The Labute approximate surface area is 190 Å². The van der Waals surface area contributed by atoms with Crippen molar-refractivity contribution in [3.05, 3.63) is 0 Å². The van der Waals surface area contributed by atoms with Crippen molar-refractivity contribution in [2.45, 2.75) is 96.9 Å². The van der Waals surface area contributed by atoms with Crippen LogP contribution in [0.5, 0.6) is 0 Å². The number of hydrogen-bond donors (Lipinski definition) is 2. The molecule has 0 amide bonds. The molecule has 0 aromatic rings. The van der Waals surface area contributed by atoms with Crippen molar-refractivity contribution in [2.75, 3.05) is 6.61 Å². The molecule has 0 spiro atoms. The summed E-state index contributed by atoms with van der Waals surface area (Å²) in [7, 11) is 0. The fourth-order valence-electron chi connectivity index (χ4n) is 8.44. The summed E-state index contributed by atoms with van der Waals surface area (Å²) in [6.45, 7) is 6.52. The third-order valence-electron chi connectivity index (χ3n) is 9.90. The highest BCUT2D eigenvalue weighted by Gasteiger charge is 2.68. The van der Waals surface area contributed by atoms with Crippen LogP contribution >= 0.6 is 0 Å². The van der Waals surface area contributed by atoms with E-state index in [9.17, 15) is 24.6 Å². The van der Waals surface area contributed by atoms with E-state index < -0.39 is 35.5 Å². The lowest BCUT2D eigenvalue weighted by Crippen LogP contribution is -2.63. The fourth-order valence-corrected chi connectivity index (χ4v) is 8.44. The van der Waals surface area contributed by atoms with E-state index in [4.69, 9.17) is 9.47 Å². The van der Waals surface area contributed by atoms with Gasteiger partial charge in [-0.05, 0) is 80.5 Å². The number of aliphatic hydroxyl groups excluding tert-OH is 1. The number of Topliss-reactive ketones (excluding diaryl/α,β-unsaturated/α-hetero) is 1. The number of aliphatic hydroxyl groups is 2. The molecule has 32 heavy (non-hydrogen) atoms. The zero-order chi connectivity index (χ0) is 23.5. The Hall–Kier alpha value is -1.47. The third-order valence-corrected chi connectivity index (χ3v) is 9.90.